The number of hydrogen-bond acceptors (Lipinski definition) is 5. The van der Waals surface area contributed by atoms with E-state index in [-0.39, 0.29) is 11.5 Å². The first-order valence-electron chi connectivity index (χ1n) is 7.24. The van der Waals surface area contributed by atoms with E-state index in [1.807, 2.05) is 0 Å². The predicted molar refractivity (Wildman–Crippen MR) is 84.8 cm³/mol. The molecule has 8 nitrogen and oxygen atoms in total. The van der Waals surface area contributed by atoms with E-state index in [1.54, 1.807) is 18.2 Å². The molecule has 23 heavy (non-hydrogen) atoms. The van der Waals surface area contributed by atoms with Crippen LogP contribution in [0.2, 0.25) is 0 Å². The molecule has 0 saturated heterocycles. The number of carboxylic acids is 1. The molecule has 1 atom stereocenters. The number of aromatic carboxylic acids is 1. The number of rotatable bonds is 8. The van der Waals surface area contributed by atoms with Gasteiger partial charge in [-0.05, 0) is 25.3 Å². The van der Waals surface area contributed by atoms with Crippen LogP contribution in [0.4, 0.5) is 0 Å². The van der Waals surface area contributed by atoms with Gasteiger partial charge in [0.1, 0.15) is 6.10 Å². The molecule has 0 saturated carbocycles. The molecule has 0 fully saturated rings. The Bertz CT molecular complexity index is 562. The average Bonchev–Trinajstić information content (AvgIpc) is 2.52. The average molecular weight is 322 g/mol. The van der Waals surface area contributed by atoms with Gasteiger partial charge in [0, 0.05) is 19.0 Å². The summed E-state index contributed by atoms with van der Waals surface area (Å²) in [6.07, 6.45) is 1.30. The van der Waals surface area contributed by atoms with Crippen LogP contribution in [0.25, 0.3) is 0 Å². The maximum Gasteiger partial charge on any atom is 0.336 e. The van der Waals surface area contributed by atoms with E-state index in [4.69, 9.17) is 16.0 Å². The third-order valence-corrected chi connectivity index (χ3v) is 3.19. The van der Waals surface area contributed by atoms with E-state index in [1.165, 1.54) is 13.0 Å². The summed E-state index contributed by atoms with van der Waals surface area (Å²) in [5.74, 6) is 3.58. The second-order valence-corrected chi connectivity index (χ2v) is 4.93. The van der Waals surface area contributed by atoms with Crippen LogP contribution in [0.1, 0.15) is 48.2 Å². The van der Waals surface area contributed by atoms with E-state index in [2.05, 4.69) is 10.7 Å². The normalized spacial score (nSPS) is 11.4. The van der Waals surface area contributed by atoms with Crippen molar-refractivity contribution in [3.05, 3.63) is 35.4 Å². The van der Waals surface area contributed by atoms with Crippen LogP contribution in [-0.2, 0) is 9.53 Å². The molecule has 1 rings (SSSR count). The molecular formula is C15H22N4O4. The quantitative estimate of drug-likeness (QED) is 0.121. The van der Waals surface area contributed by atoms with E-state index in [0.717, 1.165) is 6.42 Å². The number of ether oxygens (including phenoxy) is 1. The number of unbranched alkanes of at least 4 members (excludes halogenated alkanes) is 1. The highest BCUT2D eigenvalue weighted by molar-refractivity contribution is 5.89. The number of carbonyl (C=O) groups excluding carboxylic acids is 1. The number of nitrogens with two attached hydrogens (primary N) is 1. The first kappa shape index (κ1) is 18.4. The Kier molecular flexibility index (Phi) is 7.55. The Balaban J connectivity index is 2.68. The number of guanidine groups is 1. The first-order chi connectivity index (χ1) is 11.0. The molecule has 126 valence electrons. The second-order valence-electron chi connectivity index (χ2n) is 4.93. The molecule has 0 bridgehead atoms. The topological polar surface area (TPSA) is 138 Å². The fraction of sp³-hybridized carbons (Fsp3) is 0.400. The summed E-state index contributed by atoms with van der Waals surface area (Å²) in [6.45, 7) is 1.84. The van der Waals surface area contributed by atoms with Crippen molar-refractivity contribution in [2.45, 2.75) is 32.3 Å². The van der Waals surface area contributed by atoms with Crippen molar-refractivity contribution >= 4 is 17.9 Å². The summed E-state index contributed by atoms with van der Waals surface area (Å²) in [4.78, 5) is 22.6. The Labute approximate surface area is 134 Å². The van der Waals surface area contributed by atoms with Crippen LogP contribution >= 0.6 is 0 Å². The van der Waals surface area contributed by atoms with Crippen molar-refractivity contribution in [1.29, 1.82) is 5.41 Å². The van der Waals surface area contributed by atoms with Crippen LogP contribution in [0.3, 0.4) is 0 Å². The highest BCUT2D eigenvalue weighted by Gasteiger charge is 2.20. The summed E-state index contributed by atoms with van der Waals surface area (Å²) in [5, 5.41) is 19.3. The summed E-state index contributed by atoms with van der Waals surface area (Å²) in [7, 11) is 0. The Hall–Kier alpha value is -2.61. The van der Waals surface area contributed by atoms with Crippen molar-refractivity contribution in [3.63, 3.8) is 0 Å². The minimum absolute atomic E-state index is 0.0257. The fourth-order valence-electron chi connectivity index (χ4n) is 2.17. The van der Waals surface area contributed by atoms with Crippen molar-refractivity contribution in [3.8, 4) is 0 Å². The highest BCUT2D eigenvalue weighted by Crippen LogP contribution is 2.27. The van der Waals surface area contributed by atoms with Crippen molar-refractivity contribution in [2.24, 2.45) is 5.84 Å². The number of hydrazine groups is 1. The van der Waals surface area contributed by atoms with Gasteiger partial charge in [0.15, 0.2) is 0 Å². The van der Waals surface area contributed by atoms with Gasteiger partial charge in [-0.25, -0.2) is 10.6 Å². The van der Waals surface area contributed by atoms with Crippen LogP contribution in [0.15, 0.2) is 24.3 Å². The molecule has 0 aromatic heterocycles. The zero-order valence-corrected chi connectivity index (χ0v) is 13.0. The van der Waals surface area contributed by atoms with Gasteiger partial charge in [-0.1, -0.05) is 18.2 Å². The molecule has 6 N–H and O–H groups in total. The van der Waals surface area contributed by atoms with E-state index >= 15 is 0 Å². The molecule has 0 aliphatic rings. The van der Waals surface area contributed by atoms with E-state index in [9.17, 15) is 14.7 Å². The molecule has 1 aromatic carbocycles. The Morgan fingerprint density at radius 1 is 1.35 bits per heavy atom. The summed E-state index contributed by atoms with van der Waals surface area (Å²) in [5.41, 5.74) is 2.79. The van der Waals surface area contributed by atoms with Crippen LogP contribution < -0.4 is 16.6 Å². The minimum atomic E-state index is -1.05. The summed E-state index contributed by atoms with van der Waals surface area (Å²) in [6, 6.07) is 6.49. The zero-order chi connectivity index (χ0) is 17.2. The lowest BCUT2D eigenvalue weighted by Gasteiger charge is -2.19. The molecule has 0 amide bonds. The Morgan fingerprint density at radius 3 is 2.65 bits per heavy atom. The van der Waals surface area contributed by atoms with Crippen LogP contribution in [0, 0.1) is 5.41 Å². The first-order valence-corrected chi connectivity index (χ1v) is 7.24. The molecule has 0 spiro atoms. The van der Waals surface area contributed by atoms with Gasteiger partial charge < -0.3 is 15.2 Å². The van der Waals surface area contributed by atoms with Crippen LogP contribution in [0.5, 0.6) is 0 Å². The lowest BCUT2D eigenvalue weighted by atomic mass is 9.98. The smallest absolute Gasteiger partial charge is 0.336 e. The lowest BCUT2D eigenvalue weighted by molar-refractivity contribution is -0.147. The number of nitrogens with one attached hydrogen (secondary N) is 3. The number of carboxylic acid groups (broad SMARTS) is 1. The van der Waals surface area contributed by atoms with E-state index < -0.39 is 18.0 Å². The monoisotopic (exact) mass is 322 g/mol. The number of hydrogen-bond donors (Lipinski definition) is 5. The fourth-order valence-corrected chi connectivity index (χ4v) is 2.17. The third kappa shape index (κ3) is 6.35. The van der Waals surface area contributed by atoms with Gasteiger partial charge in [-0.15, -0.1) is 0 Å². The van der Waals surface area contributed by atoms with E-state index in [0.29, 0.717) is 24.9 Å². The maximum absolute atomic E-state index is 11.3. The molecule has 0 aliphatic carbocycles. The Morgan fingerprint density at radius 2 is 2.04 bits per heavy atom. The molecule has 0 unspecified atom stereocenters. The van der Waals surface area contributed by atoms with Crippen molar-refractivity contribution < 1.29 is 19.4 Å². The summed E-state index contributed by atoms with van der Waals surface area (Å²) >= 11 is 0. The number of carbonyl (C=O) groups is 2. The highest BCUT2D eigenvalue weighted by atomic mass is 16.5. The standard InChI is InChI=1S/C15H22N4O4/c1-10(20)23-13(8-4-5-9-18-15(16)19-17)11-6-2-3-7-12(11)14(21)22/h2-3,6-7,13H,4-5,8-9,17H2,1H3,(H,21,22)(H3,16,18,19)/t13-/m1/s1. The lowest BCUT2D eigenvalue weighted by Crippen LogP contribution is -2.40. The van der Waals surface area contributed by atoms with Gasteiger partial charge in [-0.3, -0.25) is 15.6 Å². The SMILES string of the molecule is CC(=O)O[C@H](CCCCNC(=N)NN)c1ccccc1C(=O)O. The van der Waals surface area contributed by atoms with Gasteiger partial charge in [-0.2, -0.15) is 0 Å². The number of esters is 1. The number of benzene rings is 1. The third-order valence-electron chi connectivity index (χ3n) is 3.19. The molecule has 0 heterocycles. The van der Waals surface area contributed by atoms with Crippen molar-refractivity contribution in [1.82, 2.24) is 10.7 Å². The molecular weight excluding hydrogens is 300 g/mol. The van der Waals surface area contributed by atoms with Crippen molar-refractivity contribution in [2.75, 3.05) is 6.54 Å². The van der Waals surface area contributed by atoms with Gasteiger partial charge >= 0.3 is 11.9 Å². The van der Waals surface area contributed by atoms with Gasteiger partial charge in [0.2, 0.25) is 5.96 Å². The molecule has 8 heteroatoms. The summed E-state index contributed by atoms with van der Waals surface area (Å²) < 4.78 is 5.28. The molecule has 0 radical (unpaired) electrons. The molecule has 0 aliphatic heterocycles. The van der Waals surface area contributed by atoms with Gasteiger partial charge in [0.05, 0.1) is 5.56 Å². The predicted octanol–water partition coefficient (Wildman–Crippen LogP) is 1.15. The second kappa shape index (κ2) is 9.42. The zero-order valence-electron chi connectivity index (χ0n) is 13.0. The van der Waals surface area contributed by atoms with Gasteiger partial charge in [0.25, 0.3) is 0 Å². The minimum Gasteiger partial charge on any atom is -0.478 e. The van der Waals surface area contributed by atoms with Crippen LogP contribution in [-0.4, -0.2) is 29.5 Å². The largest absolute Gasteiger partial charge is 0.478 e. The maximum atomic E-state index is 11.3. The molecule has 1 aromatic rings.